The van der Waals surface area contributed by atoms with E-state index >= 15 is 0 Å². The molecule has 1 aliphatic rings. The Bertz CT molecular complexity index is 530. The number of likely N-dealkylation sites (tertiary alicyclic amines) is 1. The maximum absolute atomic E-state index is 4.24. The molecule has 0 spiro atoms. The molecule has 5 heteroatoms. The first kappa shape index (κ1) is 12.4. The van der Waals surface area contributed by atoms with Crippen LogP contribution in [0.4, 0.5) is 0 Å². The highest BCUT2D eigenvalue weighted by Crippen LogP contribution is 2.32. The number of rotatable bonds is 3. The van der Waals surface area contributed by atoms with Crippen LogP contribution < -0.4 is 0 Å². The van der Waals surface area contributed by atoms with Crippen molar-refractivity contribution in [3.8, 4) is 0 Å². The largest absolute Gasteiger partial charge is 0.298 e. The number of H-pyrrole nitrogens is 1. The molecule has 19 heavy (non-hydrogen) atoms. The Morgan fingerprint density at radius 1 is 1.47 bits per heavy atom. The third-order valence-corrected chi connectivity index (χ3v) is 4.09. The van der Waals surface area contributed by atoms with Crippen molar-refractivity contribution in [2.24, 2.45) is 7.05 Å². The van der Waals surface area contributed by atoms with Gasteiger partial charge in [0.25, 0.3) is 0 Å². The van der Waals surface area contributed by atoms with E-state index in [0.29, 0.717) is 0 Å². The molecule has 2 aromatic heterocycles. The zero-order valence-corrected chi connectivity index (χ0v) is 11.6. The van der Waals surface area contributed by atoms with Gasteiger partial charge in [-0.15, -0.1) is 0 Å². The Hall–Kier alpha value is -1.62. The molecular weight excluding hydrogens is 238 g/mol. The molecule has 1 atom stereocenters. The minimum absolute atomic E-state index is 0.191. The van der Waals surface area contributed by atoms with Crippen molar-refractivity contribution < 1.29 is 0 Å². The summed E-state index contributed by atoms with van der Waals surface area (Å²) < 4.78 is 1.87. The second-order valence-electron chi connectivity index (χ2n) is 5.87. The Labute approximate surface area is 113 Å². The minimum Gasteiger partial charge on any atom is -0.298 e. The van der Waals surface area contributed by atoms with Gasteiger partial charge in [-0.25, -0.2) is 0 Å². The number of nitrogens with zero attached hydrogens (tertiary/aromatic N) is 4. The maximum Gasteiger partial charge on any atom is 0.0534 e. The van der Waals surface area contributed by atoms with Crippen LogP contribution in [0, 0.1) is 0 Å². The van der Waals surface area contributed by atoms with Gasteiger partial charge in [0.2, 0.25) is 0 Å². The van der Waals surface area contributed by atoms with E-state index in [1.165, 1.54) is 30.6 Å². The number of hydrogen-bond acceptors (Lipinski definition) is 3. The molecule has 3 rings (SSSR count). The molecule has 0 aromatic carbocycles. The Morgan fingerprint density at radius 2 is 2.37 bits per heavy atom. The molecule has 1 fully saturated rings. The summed E-state index contributed by atoms with van der Waals surface area (Å²) in [5, 5.41) is 11.5. The van der Waals surface area contributed by atoms with Crippen molar-refractivity contribution >= 4 is 0 Å². The van der Waals surface area contributed by atoms with Crippen molar-refractivity contribution in [3.63, 3.8) is 0 Å². The lowest BCUT2D eigenvalue weighted by Crippen LogP contribution is -2.44. The zero-order chi connectivity index (χ0) is 13.3. The average molecular weight is 259 g/mol. The van der Waals surface area contributed by atoms with Gasteiger partial charge in [-0.05, 0) is 25.5 Å². The molecule has 5 nitrogen and oxygen atoms in total. The third kappa shape index (κ3) is 2.56. The molecule has 102 valence electrons. The first-order valence-corrected chi connectivity index (χ1v) is 6.85. The number of piperidine rings is 1. The van der Waals surface area contributed by atoms with Gasteiger partial charge in [0.15, 0.2) is 0 Å². The first-order chi connectivity index (χ1) is 9.16. The van der Waals surface area contributed by atoms with Crippen LogP contribution in [0.15, 0.2) is 24.7 Å². The Morgan fingerprint density at radius 3 is 3.05 bits per heavy atom. The summed E-state index contributed by atoms with van der Waals surface area (Å²) in [6.45, 7) is 5.55. The second kappa shape index (κ2) is 4.81. The number of hydrogen-bond donors (Lipinski definition) is 1. The van der Waals surface area contributed by atoms with Gasteiger partial charge in [0.1, 0.15) is 0 Å². The highest BCUT2D eigenvalue weighted by Gasteiger charge is 2.33. The Balaban J connectivity index is 1.71. The third-order valence-electron chi connectivity index (χ3n) is 4.09. The van der Waals surface area contributed by atoms with Gasteiger partial charge in [0, 0.05) is 49.2 Å². The molecule has 0 aliphatic carbocycles. The van der Waals surface area contributed by atoms with Gasteiger partial charge in [-0.2, -0.15) is 10.2 Å². The fourth-order valence-electron chi connectivity index (χ4n) is 3.10. The molecule has 0 unspecified atom stereocenters. The van der Waals surface area contributed by atoms with E-state index in [1.807, 2.05) is 24.1 Å². The summed E-state index contributed by atoms with van der Waals surface area (Å²) in [5.74, 6) is 0. The van der Waals surface area contributed by atoms with Gasteiger partial charge in [0.05, 0.1) is 6.20 Å². The predicted molar refractivity (Wildman–Crippen MR) is 73.7 cm³/mol. The average Bonchev–Trinajstić information content (AvgIpc) is 3.01. The van der Waals surface area contributed by atoms with E-state index in [9.17, 15) is 0 Å². The zero-order valence-electron chi connectivity index (χ0n) is 11.6. The molecule has 3 heterocycles. The quantitative estimate of drug-likeness (QED) is 0.912. The standard InChI is InChI=1S/C14H21N5/c1-14(13-4-6-15-17-13)5-3-7-19(11-14)10-12-8-16-18(2)9-12/h4,6,8-9H,3,5,7,10-11H2,1-2H3,(H,15,17)/t14-/m0/s1. The highest BCUT2D eigenvalue weighted by atomic mass is 15.2. The summed E-state index contributed by atoms with van der Waals surface area (Å²) in [5.41, 5.74) is 2.73. The maximum atomic E-state index is 4.24. The summed E-state index contributed by atoms with van der Waals surface area (Å²) in [6.07, 6.45) is 8.36. The summed E-state index contributed by atoms with van der Waals surface area (Å²) in [7, 11) is 1.97. The number of nitrogens with one attached hydrogen (secondary N) is 1. The van der Waals surface area contributed by atoms with Crippen LogP contribution in [0.25, 0.3) is 0 Å². The van der Waals surface area contributed by atoms with Crippen molar-refractivity contribution in [2.75, 3.05) is 13.1 Å². The van der Waals surface area contributed by atoms with Crippen LogP contribution in [0.1, 0.15) is 31.0 Å². The molecule has 1 saturated heterocycles. The molecule has 0 amide bonds. The van der Waals surface area contributed by atoms with Gasteiger partial charge in [-0.1, -0.05) is 6.92 Å². The highest BCUT2D eigenvalue weighted by molar-refractivity contribution is 5.16. The number of aryl methyl sites for hydroxylation is 1. The van der Waals surface area contributed by atoms with E-state index in [4.69, 9.17) is 0 Å². The van der Waals surface area contributed by atoms with Gasteiger partial charge < -0.3 is 0 Å². The SMILES string of the molecule is Cn1cc(CN2CCC[C@](C)(c3ccn[nH]3)C2)cn1. The van der Waals surface area contributed by atoms with Crippen LogP contribution in [0.3, 0.4) is 0 Å². The van der Waals surface area contributed by atoms with Crippen LogP contribution in [-0.4, -0.2) is 38.0 Å². The van der Waals surface area contributed by atoms with Crippen molar-refractivity contribution in [1.29, 1.82) is 0 Å². The van der Waals surface area contributed by atoms with Gasteiger partial charge >= 0.3 is 0 Å². The predicted octanol–water partition coefficient (Wildman–Crippen LogP) is 1.70. The number of aromatic nitrogens is 4. The van der Waals surface area contributed by atoms with Crippen LogP contribution in [0.2, 0.25) is 0 Å². The van der Waals surface area contributed by atoms with Crippen LogP contribution >= 0.6 is 0 Å². The Kier molecular flexibility index (Phi) is 3.14. The molecule has 1 N–H and O–H groups in total. The van der Waals surface area contributed by atoms with E-state index in [0.717, 1.165) is 13.1 Å². The fraction of sp³-hybridized carbons (Fsp3) is 0.571. The lowest BCUT2D eigenvalue weighted by atomic mass is 9.79. The van der Waals surface area contributed by atoms with E-state index in [2.05, 4.69) is 39.4 Å². The lowest BCUT2D eigenvalue weighted by Gasteiger charge is -2.39. The topological polar surface area (TPSA) is 49.7 Å². The molecule has 0 saturated carbocycles. The van der Waals surface area contributed by atoms with Crippen molar-refractivity contribution in [3.05, 3.63) is 35.9 Å². The summed E-state index contributed by atoms with van der Waals surface area (Å²) in [6, 6.07) is 2.10. The number of aromatic amines is 1. The van der Waals surface area contributed by atoms with Crippen molar-refractivity contribution in [2.45, 2.75) is 31.7 Å². The smallest absolute Gasteiger partial charge is 0.0534 e. The molecular formula is C14H21N5. The summed E-state index contributed by atoms with van der Waals surface area (Å²) >= 11 is 0. The monoisotopic (exact) mass is 259 g/mol. The van der Waals surface area contributed by atoms with Crippen LogP contribution in [0.5, 0.6) is 0 Å². The normalized spacial score (nSPS) is 24.7. The minimum atomic E-state index is 0.191. The first-order valence-electron chi connectivity index (χ1n) is 6.85. The molecule has 0 radical (unpaired) electrons. The summed E-state index contributed by atoms with van der Waals surface area (Å²) in [4.78, 5) is 2.52. The molecule has 1 aliphatic heterocycles. The second-order valence-corrected chi connectivity index (χ2v) is 5.87. The van der Waals surface area contributed by atoms with Crippen LogP contribution in [-0.2, 0) is 19.0 Å². The van der Waals surface area contributed by atoms with E-state index < -0.39 is 0 Å². The molecule has 0 bridgehead atoms. The van der Waals surface area contributed by atoms with Crippen molar-refractivity contribution in [1.82, 2.24) is 24.9 Å². The lowest BCUT2D eigenvalue weighted by molar-refractivity contribution is 0.147. The fourth-order valence-corrected chi connectivity index (χ4v) is 3.10. The van der Waals surface area contributed by atoms with Gasteiger partial charge in [-0.3, -0.25) is 14.7 Å². The molecule has 2 aromatic rings. The van der Waals surface area contributed by atoms with E-state index in [-0.39, 0.29) is 5.41 Å². The van der Waals surface area contributed by atoms with E-state index in [1.54, 1.807) is 0 Å².